The second-order valence-electron chi connectivity index (χ2n) is 11.8. The highest BCUT2D eigenvalue weighted by atomic mass is 16.2. The predicted molar refractivity (Wildman–Crippen MR) is 185 cm³/mol. The number of fused-ring (bicyclic) bond motifs is 1. The normalized spacial score (nSPS) is 14.7. The van der Waals surface area contributed by atoms with Crippen LogP contribution in [0.1, 0.15) is 24.8 Å². The number of rotatable bonds is 8. The molecule has 0 bridgehead atoms. The summed E-state index contributed by atoms with van der Waals surface area (Å²) in [5.74, 6) is 1.87. The van der Waals surface area contributed by atoms with Gasteiger partial charge in [-0.05, 0) is 68.0 Å². The zero-order chi connectivity index (χ0) is 32.2. The van der Waals surface area contributed by atoms with Crippen molar-refractivity contribution in [1.29, 1.82) is 0 Å². The van der Waals surface area contributed by atoms with Gasteiger partial charge >= 0.3 is 6.03 Å². The van der Waals surface area contributed by atoms with Crippen molar-refractivity contribution in [3.63, 3.8) is 0 Å². The molecular formula is C36H36N10O. The molecule has 4 heterocycles. The maximum Gasteiger partial charge on any atom is 0.321 e. The van der Waals surface area contributed by atoms with Gasteiger partial charge in [0.2, 0.25) is 11.9 Å². The second-order valence-corrected chi connectivity index (χ2v) is 11.8. The van der Waals surface area contributed by atoms with E-state index in [0.29, 0.717) is 24.2 Å². The van der Waals surface area contributed by atoms with Crippen LogP contribution in [0, 0.1) is 12.8 Å². The van der Waals surface area contributed by atoms with E-state index in [1.165, 1.54) is 0 Å². The summed E-state index contributed by atoms with van der Waals surface area (Å²) in [7, 11) is 0. The number of amides is 2. The topological polar surface area (TPSA) is 140 Å². The van der Waals surface area contributed by atoms with Gasteiger partial charge in [0.05, 0.1) is 22.4 Å². The summed E-state index contributed by atoms with van der Waals surface area (Å²) in [6, 6.07) is 27.6. The molecule has 1 saturated heterocycles. The molecule has 0 saturated carbocycles. The Hall–Kier alpha value is -5.84. The highest BCUT2D eigenvalue weighted by Gasteiger charge is 2.24. The van der Waals surface area contributed by atoms with Crippen LogP contribution in [0.4, 0.5) is 22.4 Å². The maximum absolute atomic E-state index is 12.9. The number of para-hydroxylation sites is 1. The maximum atomic E-state index is 12.9. The number of nitrogens with zero attached hydrogens (tertiary/aromatic N) is 7. The Kier molecular flexibility index (Phi) is 8.42. The number of benzene rings is 3. The number of nitrogens with one attached hydrogen (secondary N) is 2. The number of hydrogen-bond donors (Lipinski definition) is 3. The fourth-order valence-corrected chi connectivity index (χ4v) is 6.12. The Morgan fingerprint density at radius 2 is 1.79 bits per heavy atom. The van der Waals surface area contributed by atoms with Gasteiger partial charge in [-0.1, -0.05) is 48.5 Å². The van der Waals surface area contributed by atoms with Crippen LogP contribution < -0.4 is 16.4 Å². The number of nitrogen functional groups attached to an aromatic ring is 1. The molecule has 3 aromatic carbocycles. The zero-order valence-electron chi connectivity index (χ0n) is 26.2. The third-order valence-electron chi connectivity index (χ3n) is 8.56. The fourth-order valence-electron chi connectivity index (χ4n) is 6.12. The van der Waals surface area contributed by atoms with Crippen molar-refractivity contribution in [1.82, 2.24) is 34.4 Å². The molecule has 0 spiro atoms. The van der Waals surface area contributed by atoms with E-state index in [1.807, 2.05) is 82.3 Å². The molecule has 47 heavy (non-hydrogen) atoms. The molecule has 7 rings (SSSR count). The Bertz CT molecular complexity index is 2030. The number of imidazole rings is 1. The molecule has 2 amide bonds. The summed E-state index contributed by atoms with van der Waals surface area (Å²) in [5, 5.41) is 6.51. The largest absolute Gasteiger partial charge is 0.368 e. The van der Waals surface area contributed by atoms with Gasteiger partial charge in [-0.3, -0.25) is 4.57 Å². The van der Waals surface area contributed by atoms with Crippen molar-refractivity contribution in [3.8, 4) is 28.3 Å². The quantitative estimate of drug-likeness (QED) is 0.173. The lowest BCUT2D eigenvalue weighted by Gasteiger charge is -2.32. The third kappa shape index (κ3) is 6.74. The zero-order valence-corrected chi connectivity index (χ0v) is 26.2. The molecule has 11 nitrogen and oxygen atoms in total. The number of aromatic nitrogens is 6. The number of likely N-dealkylation sites (tertiary alicyclic amines) is 1. The number of anilines is 3. The molecule has 1 aliphatic heterocycles. The number of carbonyl (C=O) groups is 1. The van der Waals surface area contributed by atoms with Crippen LogP contribution in [0.5, 0.6) is 0 Å². The van der Waals surface area contributed by atoms with Gasteiger partial charge < -0.3 is 21.3 Å². The Morgan fingerprint density at radius 1 is 0.936 bits per heavy atom. The van der Waals surface area contributed by atoms with Crippen molar-refractivity contribution in [2.45, 2.75) is 26.2 Å². The van der Waals surface area contributed by atoms with Gasteiger partial charge in [0.25, 0.3) is 0 Å². The molecule has 236 valence electrons. The number of urea groups is 1. The Labute approximate surface area is 272 Å². The summed E-state index contributed by atoms with van der Waals surface area (Å²) < 4.78 is 1.98. The first-order valence-corrected chi connectivity index (χ1v) is 15.9. The third-order valence-corrected chi connectivity index (χ3v) is 8.56. The van der Waals surface area contributed by atoms with E-state index in [2.05, 4.69) is 39.7 Å². The van der Waals surface area contributed by atoms with Crippen LogP contribution in [-0.2, 0) is 0 Å². The molecule has 11 heteroatoms. The molecule has 0 radical (unpaired) electrons. The van der Waals surface area contributed by atoms with Gasteiger partial charge in [-0.25, -0.2) is 24.7 Å². The highest BCUT2D eigenvalue weighted by molar-refractivity contribution is 5.89. The molecule has 6 aromatic rings. The second kappa shape index (κ2) is 13.3. The molecule has 1 unspecified atom stereocenters. The minimum atomic E-state index is -0.0476. The minimum Gasteiger partial charge on any atom is -0.368 e. The predicted octanol–water partition coefficient (Wildman–Crippen LogP) is 6.58. The smallest absolute Gasteiger partial charge is 0.321 e. The monoisotopic (exact) mass is 624 g/mol. The summed E-state index contributed by atoms with van der Waals surface area (Å²) in [5.41, 5.74) is 13.0. The van der Waals surface area contributed by atoms with Crippen LogP contribution in [0.2, 0.25) is 0 Å². The van der Waals surface area contributed by atoms with Gasteiger partial charge in [-0.15, -0.1) is 0 Å². The number of hydrogen-bond acceptors (Lipinski definition) is 8. The SMILES string of the molecule is Cc1ccccc1-c1cc(-n2cnc3cc(-c4ccnc(N)n4)ccc32)nc(NCCC2CCCN(C(=O)Nc3ccccc3)C2)n1. The average Bonchev–Trinajstić information content (AvgIpc) is 3.53. The molecule has 1 fully saturated rings. The van der Waals surface area contributed by atoms with Crippen LogP contribution in [0.3, 0.4) is 0 Å². The summed E-state index contributed by atoms with van der Waals surface area (Å²) in [6.07, 6.45) is 6.39. The molecule has 4 N–H and O–H groups in total. The van der Waals surface area contributed by atoms with Gasteiger partial charge in [-0.2, -0.15) is 4.98 Å². The van der Waals surface area contributed by atoms with E-state index >= 15 is 0 Å². The number of piperidine rings is 1. The highest BCUT2D eigenvalue weighted by Crippen LogP contribution is 2.28. The molecule has 1 aliphatic rings. The Morgan fingerprint density at radius 3 is 2.64 bits per heavy atom. The van der Waals surface area contributed by atoms with Crippen LogP contribution in [0.25, 0.3) is 39.4 Å². The Balaban J connectivity index is 1.11. The van der Waals surface area contributed by atoms with E-state index in [4.69, 9.17) is 20.7 Å². The van der Waals surface area contributed by atoms with Crippen molar-refractivity contribution >= 4 is 34.6 Å². The van der Waals surface area contributed by atoms with Crippen molar-refractivity contribution < 1.29 is 4.79 Å². The number of carbonyl (C=O) groups excluding carboxylic acids is 1. The lowest BCUT2D eigenvalue weighted by molar-refractivity contribution is 0.175. The lowest BCUT2D eigenvalue weighted by atomic mass is 9.95. The van der Waals surface area contributed by atoms with Crippen molar-refractivity contribution in [2.24, 2.45) is 5.92 Å². The van der Waals surface area contributed by atoms with Crippen LogP contribution in [-0.4, -0.2) is 60.1 Å². The standard InChI is InChI=1S/C36H36N10O/c1-24-8-5-6-12-28(24)30-21-33(46-23-40-31-20-26(13-14-32(31)46)29-16-18-38-34(37)42-29)44-35(43-30)39-17-15-25-9-7-19-45(22-25)36(47)41-27-10-3-2-4-11-27/h2-6,8,10-14,16,18,20-21,23,25H,7,9,15,17,19,22H2,1H3,(H,41,47)(H2,37,38,42)(H,39,43,44). The summed E-state index contributed by atoms with van der Waals surface area (Å²) in [6.45, 7) is 4.26. The fraction of sp³-hybridized carbons (Fsp3) is 0.222. The lowest BCUT2D eigenvalue weighted by Crippen LogP contribution is -2.42. The molecule has 1 atom stereocenters. The van der Waals surface area contributed by atoms with Crippen LogP contribution in [0.15, 0.2) is 97.5 Å². The summed E-state index contributed by atoms with van der Waals surface area (Å²) in [4.78, 5) is 37.8. The first kappa shape index (κ1) is 29.8. The molecule has 3 aromatic heterocycles. The number of nitrogens with two attached hydrogens (primary N) is 1. The van der Waals surface area contributed by atoms with Gasteiger partial charge in [0.15, 0.2) is 0 Å². The first-order chi connectivity index (χ1) is 23.0. The van der Waals surface area contributed by atoms with E-state index in [9.17, 15) is 4.79 Å². The molecular weight excluding hydrogens is 588 g/mol. The van der Waals surface area contributed by atoms with E-state index in [0.717, 1.165) is 77.2 Å². The van der Waals surface area contributed by atoms with Gasteiger partial charge in [0, 0.05) is 48.7 Å². The van der Waals surface area contributed by atoms with E-state index in [1.54, 1.807) is 12.5 Å². The van der Waals surface area contributed by atoms with Crippen LogP contribution >= 0.6 is 0 Å². The van der Waals surface area contributed by atoms with Gasteiger partial charge in [0.1, 0.15) is 12.1 Å². The van der Waals surface area contributed by atoms with E-state index < -0.39 is 0 Å². The van der Waals surface area contributed by atoms with Crippen molar-refractivity contribution in [2.75, 3.05) is 36.0 Å². The minimum absolute atomic E-state index is 0.0476. The van der Waals surface area contributed by atoms with Crippen molar-refractivity contribution in [3.05, 3.63) is 103 Å². The summed E-state index contributed by atoms with van der Waals surface area (Å²) >= 11 is 0. The first-order valence-electron chi connectivity index (χ1n) is 15.9. The molecule has 0 aliphatic carbocycles. The average molecular weight is 625 g/mol. The van der Waals surface area contributed by atoms with E-state index in [-0.39, 0.29) is 12.0 Å². The number of aryl methyl sites for hydroxylation is 1.